The summed E-state index contributed by atoms with van der Waals surface area (Å²) >= 11 is 0. The van der Waals surface area contributed by atoms with Gasteiger partial charge in [0.1, 0.15) is 0 Å². The van der Waals surface area contributed by atoms with Crippen molar-refractivity contribution in [2.24, 2.45) is 0 Å². The molecule has 4 heteroatoms. The normalized spacial score (nSPS) is 16.6. The predicted molar refractivity (Wildman–Crippen MR) is 64.4 cm³/mol. The summed E-state index contributed by atoms with van der Waals surface area (Å²) in [5.41, 5.74) is 0. The Hall–Kier alpha value is -0.610. The zero-order chi connectivity index (χ0) is 11.6. The summed E-state index contributed by atoms with van der Waals surface area (Å²) in [5, 5.41) is 6.31. The minimum atomic E-state index is 0.186. The van der Waals surface area contributed by atoms with Gasteiger partial charge in [0.25, 0.3) is 0 Å². The Bertz CT molecular complexity index is 191. The second-order valence-electron chi connectivity index (χ2n) is 4.40. The molecule has 1 rings (SSSR count). The van der Waals surface area contributed by atoms with Gasteiger partial charge in [0.2, 0.25) is 5.91 Å². The maximum atomic E-state index is 11.5. The molecule has 4 nitrogen and oxygen atoms in total. The van der Waals surface area contributed by atoms with Gasteiger partial charge in [0, 0.05) is 32.7 Å². The Labute approximate surface area is 98.1 Å². The first-order valence-electron chi connectivity index (χ1n) is 6.32. The molecule has 0 aromatic rings. The fourth-order valence-electron chi connectivity index (χ4n) is 2.04. The molecule has 0 radical (unpaired) electrons. The molecule has 1 fully saturated rings. The van der Waals surface area contributed by atoms with Gasteiger partial charge in [0.15, 0.2) is 0 Å². The van der Waals surface area contributed by atoms with E-state index in [9.17, 15) is 4.79 Å². The van der Waals surface area contributed by atoms with Gasteiger partial charge < -0.3 is 15.4 Å². The predicted octanol–water partition coefficient (Wildman–Crippen LogP) is 1.06. The van der Waals surface area contributed by atoms with Crippen molar-refractivity contribution in [1.29, 1.82) is 0 Å². The summed E-state index contributed by atoms with van der Waals surface area (Å²) < 4.78 is 4.94. The van der Waals surface area contributed by atoms with Gasteiger partial charge in [-0.15, -0.1) is 0 Å². The van der Waals surface area contributed by atoms with Crippen LogP contribution in [0.5, 0.6) is 0 Å². The van der Waals surface area contributed by atoms with Crippen LogP contribution < -0.4 is 10.6 Å². The zero-order valence-electron chi connectivity index (χ0n) is 10.3. The maximum absolute atomic E-state index is 11.5. The highest BCUT2D eigenvalue weighted by atomic mass is 16.5. The quantitative estimate of drug-likeness (QED) is 0.611. The number of carbonyl (C=O) groups excluding carboxylic acids is 1. The molecule has 0 aromatic carbocycles. The summed E-state index contributed by atoms with van der Waals surface area (Å²) in [7, 11) is 1.70. The Morgan fingerprint density at radius 1 is 1.31 bits per heavy atom. The van der Waals surface area contributed by atoms with Gasteiger partial charge in [-0.2, -0.15) is 0 Å². The van der Waals surface area contributed by atoms with Crippen LogP contribution in [0.3, 0.4) is 0 Å². The third-order valence-corrected chi connectivity index (χ3v) is 2.95. The number of hydrogen-bond donors (Lipinski definition) is 2. The summed E-state index contributed by atoms with van der Waals surface area (Å²) in [6.45, 7) is 2.47. The Morgan fingerprint density at radius 2 is 2.06 bits per heavy atom. The van der Waals surface area contributed by atoms with E-state index in [0.29, 0.717) is 12.5 Å². The number of methoxy groups -OCH3 is 1. The lowest BCUT2D eigenvalue weighted by Gasteiger charge is -2.11. The van der Waals surface area contributed by atoms with E-state index in [0.717, 1.165) is 39.0 Å². The van der Waals surface area contributed by atoms with Gasteiger partial charge in [0.05, 0.1) is 0 Å². The molecule has 0 bridgehead atoms. The van der Waals surface area contributed by atoms with Gasteiger partial charge in [-0.05, 0) is 25.8 Å². The highest BCUT2D eigenvalue weighted by Gasteiger charge is 2.16. The number of nitrogens with one attached hydrogen (secondary N) is 2. The van der Waals surface area contributed by atoms with Crippen molar-refractivity contribution in [2.45, 2.75) is 44.6 Å². The summed E-state index contributed by atoms with van der Waals surface area (Å²) in [6.07, 6.45) is 6.44. The lowest BCUT2D eigenvalue weighted by molar-refractivity contribution is -0.121. The van der Waals surface area contributed by atoms with Crippen LogP contribution in [-0.4, -0.2) is 38.8 Å². The smallest absolute Gasteiger partial charge is 0.221 e. The molecule has 16 heavy (non-hydrogen) atoms. The van der Waals surface area contributed by atoms with Crippen LogP contribution in [0.25, 0.3) is 0 Å². The first-order valence-corrected chi connectivity index (χ1v) is 6.32. The molecule has 0 aromatic heterocycles. The molecular weight excluding hydrogens is 204 g/mol. The number of rotatable bonds is 8. The third-order valence-electron chi connectivity index (χ3n) is 2.95. The van der Waals surface area contributed by atoms with Crippen molar-refractivity contribution in [3.8, 4) is 0 Å². The van der Waals surface area contributed by atoms with Gasteiger partial charge in [-0.3, -0.25) is 4.79 Å². The molecule has 1 saturated carbocycles. The summed E-state index contributed by atoms with van der Waals surface area (Å²) in [5.74, 6) is 0.186. The number of carbonyl (C=O) groups is 1. The van der Waals surface area contributed by atoms with Crippen molar-refractivity contribution in [1.82, 2.24) is 10.6 Å². The van der Waals surface area contributed by atoms with Crippen LogP contribution in [0.1, 0.15) is 38.5 Å². The van der Waals surface area contributed by atoms with E-state index in [1.165, 1.54) is 12.8 Å². The van der Waals surface area contributed by atoms with Crippen LogP contribution in [0.4, 0.5) is 0 Å². The lowest BCUT2D eigenvalue weighted by atomic mass is 10.2. The Kier molecular flexibility index (Phi) is 7.17. The average Bonchev–Trinajstić information content (AvgIpc) is 2.76. The van der Waals surface area contributed by atoms with Crippen molar-refractivity contribution < 1.29 is 9.53 Å². The molecule has 0 saturated heterocycles. The minimum absolute atomic E-state index is 0.186. The van der Waals surface area contributed by atoms with E-state index in [1.807, 2.05) is 0 Å². The fourth-order valence-corrected chi connectivity index (χ4v) is 2.04. The van der Waals surface area contributed by atoms with Crippen LogP contribution in [0.15, 0.2) is 0 Å². The SMILES string of the molecule is COCCCNCCC(=O)NC1CCCC1. The van der Waals surface area contributed by atoms with E-state index in [4.69, 9.17) is 4.74 Å². The third kappa shape index (κ3) is 6.08. The molecule has 2 N–H and O–H groups in total. The second kappa shape index (κ2) is 8.53. The molecule has 1 amide bonds. The standard InChI is InChI=1S/C12H24N2O2/c1-16-10-4-8-13-9-7-12(15)14-11-5-2-3-6-11/h11,13H,2-10H2,1H3,(H,14,15). The van der Waals surface area contributed by atoms with Crippen molar-refractivity contribution in [3.05, 3.63) is 0 Å². The highest BCUT2D eigenvalue weighted by molar-refractivity contribution is 5.76. The van der Waals surface area contributed by atoms with Crippen LogP contribution >= 0.6 is 0 Å². The van der Waals surface area contributed by atoms with Crippen molar-refractivity contribution in [3.63, 3.8) is 0 Å². The molecule has 0 atom stereocenters. The Morgan fingerprint density at radius 3 is 2.75 bits per heavy atom. The molecule has 0 spiro atoms. The van der Waals surface area contributed by atoms with Gasteiger partial charge >= 0.3 is 0 Å². The maximum Gasteiger partial charge on any atom is 0.221 e. The number of hydrogen-bond acceptors (Lipinski definition) is 3. The molecule has 0 heterocycles. The molecule has 0 aliphatic heterocycles. The zero-order valence-corrected chi connectivity index (χ0v) is 10.3. The topological polar surface area (TPSA) is 50.4 Å². The van der Waals surface area contributed by atoms with E-state index in [2.05, 4.69) is 10.6 Å². The second-order valence-corrected chi connectivity index (χ2v) is 4.40. The van der Waals surface area contributed by atoms with Crippen molar-refractivity contribution >= 4 is 5.91 Å². The lowest BCUT2D eigenvalue weighted by Crippen LogP contribution is -2.34. The first kappa shape index (κ1) is 13.5. The summed E-state index contributed by atoms with van der Waals surface area (Å²) in [4.78, 5) is 11.5. The molecule has 94 valence electrons. The molecule has 1 aliphatic carbocycles. The number of amides is 1. The van der Waals surface area contributed by atoms with Crippen LogP contribution in [0.2, 0.25) is 0 Å². The monoisotopic (exact) mass is 228 g/mol. The fraction of sp³-hybridized carbons (Fsp3) is 0.917. The van der Waals surface area contributed by atoms with Crippen molar-refractivity contribution in [2.75, 3.05) is 26.8 Å². The summed E-state index contributed by atoms with van der Waals surface area (Å²) in [6, 6.07) is 0.445. The van der Waals surface area contributed by atoms with E-state index < -0.39 is 0 Å². The van der Waals surface area contributed by atoms with E-state index in [1.54, 1.807) is 7.11 Å². The van der Waals surface area contributed by atoms with E-state index >= 15 is 0 Å². The van der Waals surface area contributed by atoms with Crippen LogP contribution in [0, 0.1) is 0 Å². The molecular formula is C12H24N2O2. The molecule has 1 aliphatic rings. The van der Waals surface area contributed by atoms with Gasteiger partial charge in [-0.25, -0.2) is 0 Å². The minimum Gasteiger partial charge on any atom is -0.385 e. The number of ether oxygens (including phenoxy) is 1. The van der Waals surface area contributed by atoms with E-state index in [-0.39, 0.29) is 5.91 Å². The van der Waals surface area contributed by atoms with Gasteiger partial charge in [-0.1, -0.05) is 12.8 Å². The average molecular weight is 228 g/mol. The highest BCUT2D eigenvalue weighted by Crippen LogP contribution is 2.17. The first-order chi connectivity index (χ1) is 7.83. The Balaban J connectivity index is 1.89. The largest absolute Gasteiger partial charge is 0.385 e. The van der Waals surface area contributed by atoms with Crippen LogP contribution in [-0.2, 0) is 9.53 Å². The molecule has 0 unspecified atom stereocenters.